The molecule has 0 amide bonds. The van der Waals surface area contributed by atoms with Gasteiger partial charge in [-0.25, -0.2) is 4.57 Å². The van der Waals surface area contributed by atoms with Gasteiger partial charge in [-0.15, -0.1) is 0 Å². The molecule has 0 aliphatic rings. The van der Waals surface area contributed by atoms with E-state index in [4.69, 9.17) is 9.05 Å². The van der Waals surface area contributed by atoms with Gasteiger partial charge in [-0.3, -0.25) is 9.05 Å². The molecule has 25 heavy (non-hydrogen) atoms. The summed E-state index contributed by atoms with van der Waals surface area (Å²) < 4.78 is 23.4. The molecule has 0 saturated heterocycles. The van der Waals surface area contributed by atoms with Gasteiger partial charge in [0.1, 0.15) is 0 Å². The fourth-order valence-corrected chi connectivity index (χ4v) is 4.51. The molecule has 0 saturated carbocycles. The standard InChI is InChI=1S/C20H43O4P/c1-7-9-11-13-15-17-19(3,4)23-25(21,22)24-20(5,6)18-16-14-12-10-8-2/h7-18H2,1-6H3,(H,21,22). The molecule has 0 aromatic heterocycles. The molecule has 0 rings (SSSR count). The second-order valence-electron chi connectivity index (χ2n) is 8.50. The maximum absolute atomic E-state index is 12.4. The highest BCUT2D eigenvalue weighted by Crippen LogP contribution is 2.52. The van der Waals surface area contributed by atoms with Crippen LogP contribution in [0, 0.1) is 0 Å². The third-order valence-corrected chi connectivity index (χ3v) is 5.94. The summed E-state index contributed by atoms with van der Waals surface area (Å²) in [5.41, 5.74) is -1.29. The van der Waals surface area contributed by atoms with Crippen LogP contribution in [0.5, 0.6) is 0 Å². The second kappa shape index (κ2) is 12.5. The smallest absolute Gasteiger partial charge is 0.302 e. The molecule has 0 atom stereocenters. The summed E-state index contributed by atoms with van der Waals surface area (Å²) in [4.78, 5) is 10.2. The lowest BCUT2D eigenvalue weighted by molar-refractivity contribution is -0.00442. The van der Waals surface area contributed by atoms with Crippen LogP contribution < -0.4 is 0 Å². The van der Waals surface area contributed by atoms with E-state index in [-0.39, 0.29) is 0 Å². The molecular weight excluding hydrogens is 335 g/mol. The average molecular weight is 379 g/mol. The van der Waals surface area contributed by atoms with E-state index in [2.05, 4.69) is 13.8 Å². The van der Waals surface area contributed by atoms with Crippen molar-refractivity contribution in [2.24, 2.45) is 0 Å². The molecular formula is C20H43O4P. The Morgan fingerprint density at radius 3 is 1.32 bits per heavy atom. The van der Waals surface area contributed by atoms with E-state index in [1.54, 1.807) is 0 Å². The van der Waals surface area contributed by atoms with Crippen LogP contribution in [0.25, 0.3) is 0 Å². The summed E-state index contributed by atoms with van der Waals surface area (Å²) in [6.45, 7) is 11.9. The number of unbranched alkanes of at least 4 members (excludes halogenated alkanes) is 8. The maximum Gasteiger partial charge on any atom is 0.473 e. The molecule has 0 radical (unpaired) electrons. The lowest BCUT2D eigenvalue weighted by Crippen LogP contribution is -2.28. The maximum atomic E-state index is 12.4. The zero-order chi connectivity index (χ0) is 19.4. The summed E-state index contributed by atoms with van der Waals surface area (Å²) in [5, 5.41) is 0. The molecule has 0 spiro atoms. The van der Waals surface area contributed by atoms with Crippen LogP contribution in [0.4, 0.5) is 0 Å². The van der Waals surface area contributed by atoms with Crippen molar-refractivity contribution in [3.8, 4) is 0 Å². The highest BCUT2D eigenvalue weighted by Gasteiger charge is 2.36. The predicted octanol–water partition coefficient (Wildman–Crippen LogP) is 7.40. The van der Waals surface area contributed by atoms with Gasteiger partial charge in [-0.2, -0.15) is 0 Å². The molecule has 0 bridgehead atoms. The van der Waals surface area contributed by atoms with Crippen LogP contribution in [0.15, 0.2) is 0 Å². The van der Waals surface area contributed by atoms with E-state index in [0.29, 0.717) is 0 Å². The highest BCUT2D eigenvalue weighted by atomic mass is 31.2. The van der Waals surface area contributed by atoms with Gasteiger partial charge in [0.25, 0.3) is 0 Å². The van der Waals surface area contributed by atoms with Crippen LogP contribution in [-0.2, 0) is 13.6 Å². The molecule has 0 aromatic rings. The summed E-state index contributed by atoms with van der Waals surface area (Å²) in [5.74, 6) is 0. The molecule has 152 valence electrons. The van der Waals surface area contributed by atoms with Crippen LogP contribution in [0.1, 0.15) is 119 Å². The molecule has 0 heterocycles. The van der Waals surface area contributed by atoms with Crippen molar-refractivity contribution in [1.82, 2.24) is 0 Å². The van der Waals surface area contributed by atoms with Crippen molar-refractivity contribution in [3.63, 3.8) is 0 Å². The minimum atomic E-state index is -4.06. The minimum absolute atomic E-state index is 0.645. The SMILES string of the molecule is CCCCCCCC(C)(C)OP(=O)(O)OC(C)(C)CCCCCCC. The quantitative estimate of drug-likeness (QED) is 0.224. The third-order valence-electron chi connectivity index (χ3n) is 4.49. The lowest BCUT2D eigenvalue weighted by Gasteiger charge is -2.32. The zero-order valence-corrected chi connectivity index (χ0v) is 18.5. The van der Waals surface area contributed by atoms with Gasteiger partial charge in [0.2, 0.25) is 0 Å². The van der Waals surface area contributed by atoms with Gasteiger partial charge < -0.3 is 4.89 Å². The largest absolute Gasteiger partial charge is 0.473 e. The first-order valence-corrected chi connectivity index (χ1v) is 11.8. The van der Waals surface area contributed by atoms with Gasteiger partial charge in [0, 0.05) is 0 Å². The van der Waals surface area contributed by atoms with Gasteiger partial charge in [0.05, 0.1) is 11.2 Å². The number of hydrogen-bond donors (Lipinski definition) is 1. The molecule has 0 aliphatic carbocycles. The summed E-state index contributed by atoms with van der Waals surface area (Å²) in [6.07, 6.45) is 13.2. The van der Waals surface area contributed by atoms with E-state index in [9.17, 15) is 9.46 Å². The Kier molecular flexibility index (Phi) is 12.5. The van der Waals surface area contributed by atoms with Gasteiger partial charge in [0.15, 0.2) is 0 Å². The first kappa shape index (κ1) is 25.1. The average Bonchev–Trinajstić information content (AvgIpc) is 2.44. The minimum Gasteiger partial charge on any atom is -0.302 e. The Bertz CT molecular complexity index is 348. The van der Waals surface area contributed by atoms with Gasteiger partial charge in [-0.05, 0) is 40.5 Å². The molecule has 0 unspecified atom stereocenters. The van der Waals surface area contributed by atoms with Crippen molar-refractivity contribution in [3.05, 3.63) is 0 Å². The Balaban J connectivity index is 4.27. The molecule has 5 heteroatoms. The van der Waals surface area contributed by atoms with Gasteiger partial charge >= 0.3 is 7.82 Å². The van der Waals surface area contributed by atoms with Crippen LogP contribution in [0.2, 0.25) is 0 Å². The Hall–Kier alpha value is 0.110. The van der Waals surface area contributed by atoms with E-state index in [1.807, 2.05) is 27.7 Å². The number of rotatable bonds is 16. The van der Waals surface area contributed by atoms with Gasteiger partial charge in [-0.1, -0.05) is 78.1 Å². The first-order chi connectivity index (χ1) is 11.5. The molecule has 4 nitrogen and oxygen atoms in total. The van der Waals surface area contributed by atoms with Crippen LogP contribution in [-0.4, -0.2) is 16.1 Å². The number of phosphoric acid groups is 1. The molecule has 0 aromatic carbocycles. The predicted molar refractivity (Wildman–Crippen MR) is 107 cm³/mol. The van der Waals surface area contributed by atoms with E-state index < -0.39 is 19.0 Å². The van der Waals surface area contributed by atoms with Crippen molar-refractivity contribution in [2.75, 3.05) is 0 Å². The molecule has 0 fully saturated rings. The fraction of sp³-hybridized carbons (Fsp3) is 1.00. The number of phosphoric ester groups is 1. The van der Waals surface area contributed by atoms with Crippen LogP contribution >= 0.6 is 7.82 Å². The Labute approximate surface area is 156 Å². The Morgan fingerprint density at radius 2 is 1.00 bits per heavy atom. The fourth-order valence-electron chi connectivity index (χ4n) is 3.04. The lowest BCUT2D eigenvalue weighted by atomic mass is 10.00. The monoisotopic (exact) mass is 378 g/mol. The molecule has 1 N–H and O–H groups in total. The van der Waals surface area contributed by atoms with Crippen molar-refractivity contribution < 1.29 is 18.5 Å². The summed E-state index contributed by atoms with van der Waals surface area (Å²) >= 11 is 0. The first-order valence-electron chi connectivity index (χ1n) is 10.3. The summed E-state index contributed by atoms with van der Waals surface area (Å²) in [7, 11) is -4.06. The summed E-state index contributed by atoms with van der Waals surface area (Å²) in [6, 6.07) is 0. The Morgan fingerprint density at radius 1 is 0.680 bits per heavy atom. The van der Waals surface area contributed by atoms with E-state index >= 15 is 0 Å². The van der Waals surface area contributed by atoms with Crippen molar-refractivity contribution in [2.45, 2.75) is 130 Å². The second-order valence-corrected chi connectivity index (χ2v) is 9.80. The number of hydrogen-bond acceptors (Lipinski definition) is 3. The third kappa shape index (κ3) is 14.9. The van der Waals surface area contributed by atoms with E-state index in [1.165, 1.54) is 38.5 Å². The highest BCUT2D eigenvalue weighted by molar-refractivity contribution is 7.47. The normalized spacial score (nSPS) is 13.4. The topological polar surface area (TPSA) is 55.8 Å². The molecule has 0 aliphatic heterocycles. The van der Waals surface area contributed by atoms with Crippen LogP contribution in [0.3, 0.4) is 0 Å². The van der Waals surface area contributed by atoms with Crippen molar-refractivity contribution >= 4 is 7.82 Å². The zero-order valence-electron chi connectivity index (χ0n) is 17.6. The van der Waals surface area contributed by atoms with E-state index in [0.717, 1.165) is 38.5 Å². The van der Waals surface area contributed by atoms with Crippen molar-refractivity contribution in [1.29, 1.82) is 0 Å².